The molecule has 2 rings (SSSR count). The van der Waals surface area contributed by atoms with Crippen LogP contribution in [0.1, 0.15) is 17.8 Å². The van der Waals surface area contributed by atoms with Crippen molar-refractivity contribution >= 4 is 34.6 Å². The molecule has 0 aliphatic rings. The average molecular weight is 311 g/mol. The molecule has 0 radical (unpaired) electrons. The second kappa shape index (κ2) is 7.26. The van der Waals surface area contributed by atoms with Gasteiger partial charge in [0, 0.05) is 18.7 Å². The van der Waals surface area contributed by atoms with Crippen LogP contribution in [0.2, 0.25) is 4.34 Å². The number of rotatable bonds is 7. The van der Waals surface area contributed by atoms with E-state index >= 15 is 0 Å². The van der Waals surface area contributed by atoms with E-state index in [1.807, 2.05) is 30.3 Å². The normalized spacial score (nSPS) is 10.4. The highest BCUT2D eigenvalue weighted by molar-refractivity contribution is 7.15. The van der Waals surface area contributed by atoms with Crippen LogP contribution in [0.4, 0.5) is 5.69 Å². The van der Waals surface area contributed by atoms with E-state index in [-0.39, 0.29) is 6.42 Å². The first-order valence-corrected chi connectivity index (χ1v) is 7.46. The van der Waals surface area contributed by atoms with Gasteiger partial charge in [0.05, 0.1) is 12.7 Å². The van der Waals surface area contributed by atoms with E-state index in [1.165, 1.54) is 11.3 Å². The van der Waals surface area contributed by atoms with Crippen molar-refractivity contribution in [1.29, 1.82) is 0 Å². The fourth-order valence-corrected chi connectivity index (χ4v) is 2.86. The van der Waals surface area contributed by atoms with Crippen molar-refractivity contribution in [2.45, 2.75) is 19.4 Å². The van der Waals surface area contributed by atoms with Crippen LogP contribution in [0, 0.1) is 0 Å². The van der Waals surface area contributed by atoms with Crippen LogP contribution in [0.15, 0.2) is 36.5 Å². The number of benzene rings is 1. The molecular weight excluding hydrogens is 296 g/mol. The number of hydrogen-bond donors (Lipinski definition) is 1. The van der Waals surface area contributed by atoms with E-state index in [2.05, 4.69) is 9.88 Å². The van der Waals surface area contributed by atoms with Gasteiger partial charge < -0.3 is 10.0 Å². The molecule has 0 amide bonds. The third kappa shape index (κ3) is 4.51. The summed E-state index contributed by atoms with van der Waals surface area (Å²) in [6.45, 7) is 1.31. The van der Waals surface area contributed by atoms with Crippen molar-refractivity contribution in [2.75, 3.05) is 11.4 Å². The van der Waals surface area contributed by atoms with Crippen molar-refractivity contribution < 1.29 is 9.90 Å². The first-order chi connectivity index (χ1) is 9.65. The zero-order valence-electron chi connectivity index (χ0n) is 10.8. The summed E-state index contributed by atoms with van der Waals surface area (Å²) in [5.41, 5.74) is 1.06. The third-order valence-electron chi connectivity index (χ3n) is 2.79. The second-order valence-electron chi connectivity index (χ2n) is 4.31. The molecule has 0 aliphatic heterocycles. The SMILES string of the molecule is O=C(O)CCCN(Cc1ncc(Cl)s1)c1ccccc1. The highest BCUT2D eigenvalue weighted by Gasteiger charge is 2.10. The molecule has 1 aromatic heterocycles. The van der Waals surface area contributed by atoms with E-state index in [1.54, 1.807) is 6.20 Å². The summed E-state index contributed by atoms with van der Waals surface area (Å²) in [6.07, 6.45) is 2.41. The zero-order chi connectivity index (χ0) is 14.4. The highest BCUT2D eigenvalue weighted by Crippen LogP contribution is 2.23. The van der Waals surface area contributed by atoms with Crippen LogP contribution in [-0.4, -0.2) is 22.6 Å². The molecule has 0 aliphatic carbocycles. The number of hydrogen-bond acceptors (Lipinski definition) is 4. The molecule has 0 saturated heterocycles. The number of anilines is 1. The van der Waals surface area contributed by atoms with Crippen LogP contribution >= 0.6 is 22.9 Å². The molecule has 106 valence electrons. The first kappa shape index (κ1) is 14.8. The molecule has 0 saturated carbocycles. The summed E-state index contributed by atoms with van der Waals surface area (Å²) < 4.78 is 0.665. The first-order valence-electron chi connectivity index (χ1n) is 6.27. The van der Waals surface area contributed by atoms with Crippen LogP contribution in [0.25, 0.3) is 0 Å². The number of halogens is 1. The molecular formula is C14H15ClN2O2S. The molecule has 1 heterocycles. The largest absolute Gasteiger partial charge is 0.481 e. The molecule has 2 aromatic rings. The number of thiazole rings is 1. The number of carboxylic acid groups (broad SMARTS) is 1. The Labute approximate surface area is 126 Å². The van der Waals surface area contributed by atoms with Crippen molar-refractivity contribution in [3.8, 4) is 0 Å². The predicted molar refractivity (Wildman–Crippen MR) is 81.5 cm³/mol. The lowest BCUT2D eigenvalue weighted by Gasteiger charge is -2.23. The van der Waals surface area contributed by atoms with Gasteiger partial charge in [-0.2, -0.15) is 0 Å². The summed E-state index contributed by atoms with van der Waals surface area (Å²) in [6, 6.07) is 9.91. The van der Waals surface area contributed by atoms with Gasteiger partial charge in [-0.3, -0.25) is 4.79 Å². The standard InChI is InChI=1S/C14H15ClN2O2S/c15-12-9-16-13(20-12)10-17(8-4-7-14(18)19)11-5-2-1-3-6-11/h1-3,5-6,9H,4,7-8,10H2,(H,18,19). The van der Waals surface area contributed by atoms with E-state index < -0.39 is 5.97 Å². The lowest BCUT2D eigenvalue weighted by Crippen LogP contribution is -2.24. The Morgan fingerprint density at radius 1 is 1.35 bits per heavy atom. The van der Waals surface area contributed by atoms with Gasteiger partial charge in [-0.1, -0.05) is 29.8 Å². The maximum absolute atomic E-state index is 10.6. The van der Waals surface area contributed by atoms with Crippen LogP contribution < -0.4 is 4.90 Å². The Kier molecular flexibility index (Phi) is 5.38. The van der Waals surface area contributed by atoms with Crippen LogP contribution in [0.3, 0.4) is 0 Å². The Balaban J connectivity index is 2.05. The molecule has 0 atom stereocenters. The summed E-state index contributed by atoms with van der Waals surface area (Å²) in [4.78, 5) is 17.0. The summed E-state index contributed by atoms with van der Waals surface area (Å²) in [7, 11) is 0. The van der Waals surface area contributed by atoms with Gasteiger partial charge in [-0.25, -0.2) is 4.98 Å². The fourth-order valence-electron chi connectivity index (χ4n) is 1.88. The van der Waals surface area contributed by atoms with Gasteiger partial charge in [-0.15, -0.1) is 11.3 Å². The molecule has 4 nitrogen and oxygen atoms in total. The lowest BCUT2D eigenvalue weighted by molar-refractivity contribution is -0.137. The Bertz CT molecular complexity index is 559. The second-order valence-corrected chi connectivity index (χ2v) is 6.06. The van der Waals surface area contributed by atoms with Gasteiger partial charge in [0.1, 0.15) is 9.34 Å². The smallest absolute Gasteiger partial charge is 0.303 e. The van der Waals surface area contributed by atoms with Crippen molar-refractivity contribution in [3.63, 3.8) is 0 Å². The predicted octanol–water partition coefficient (Wildman–Crippen LogP) is 3.67. The molecule has 20 heavy (non-hydrogen) atoms. The number of aliphatic carboxylic acids is 1. The maximum atomic E-state index is 10.6. The molecule has 1 N–H and O–H groups in total. The monoisotopic (exact) mass is 310 g/mol. The number of para-hydroxylation sites is 1. The maximum Gasteiger partial charge on any atom is 0.303 e. The average Bonchev–Trinajstić information content (AvgIpc) is 2.84. The molecule has 0 fully saturated rings. The van der Waals surface area contributed by atoms with Gasteiger partial charge in [0.25, 0.3) is 0 Å². The van der Waals surface area contributed by atoms with E-state index in [0.717, 1.165) is 10.7 Å². The third-order valence-corrected chi connectivity index (χ3v) is 3.89. The zero-order valence-corrected chi connectivity index (χ0v) is 12.4. The van der Waals surface area contributed by atoms with Gasteiger partial charge in [-0.05, 0) is 18.6 Å². The van der Waals surface area contributed by atoms with Crippen molar-refractivity contribution in [1.82, 2.24) is 4.98 Å². The minimum atomic E-state index is -0.768. The van der Waals surface area contributed by atoms with Gasteiger partial charge in [0.15, 0.2) is 0 Å². The van der Waals surface area contributed by atoms with Gasteiger partial charge >= 0.3 is 5.97 Å². The minimum absolute atomic E-state index is 0.169. The quantitative estimate of drug-likeness (QED) is 0.848. The highest BCUT2D eigenvalue weighted by atomic mass is 35.5. The number of aromatic nitrogens is 1. The fraction of sp³-hybridized carbons (Fsp3) is 0.286. The van der Waals surface area contributed by atoms with E-state index in [4.69, 9.17) is 16.7 Å². The number of carbonyl (C=O) groups is 1. The van der Waals surface area contributed by atoms with E-state index in [9.17, 15) is 4.79 Å². The Morgan fingerprint density at radius 3 is 2.70 bits per heavy atom. The minimum Gasteiger partial charge on any atom is -0.481 e. The Morgan fingerprint density at radius 2 is 2.10 bits per heavy atom. The lowest BCUT2D eigenvalue weighted by atomic mass is 10.2. The van der Waals surface area contributed by atoms with Crippen LogP contribution in [-0.2, 0) is 11.3 Å². The molecule has 1 aromatic carbocycles. The summed E-state index contributed by atoms with van der Waals surface area (Å²) >= 11 is 7.34. The summed E-state index contributed by atoms with van der Waals surface area (Å²) in [5, 5.41) is 9.67. The van der Waals surface area contributed by atoms with Gasteiger partial charge in [0.2, 0.25) is 0 Å². The topological polar surface area (TPSA) is 53.4 Å². The molecule has 0 bridgehead atoms. The number of nitrogens with zero attached hydrogens (tertiary/aromatic N) is 2. The van der Waals surface area contributed by atoms with Crippen molar-refractivity contribution in [2.24, 2.45) is 0 Å². The number of carboxylic acids is 1. The van der Waals surface area contributed by atoms with Crippen molar-refractivity contribution in [3.05, 3.63) is 45.9 Å². The molecule has 6 heteroatoms. The molecule has 0 spiro atoms. The Hall–Kier alpha value is -1.59. The van der Waals surface area contributed by atoms with E-state index in [0.29, 0.717) is 23.8 Å². The molecule has 0 unspecified atom stereocenters. The summed E-state index contributed by atoms with van der Waals surface area (Å²) in [5.74, 6) is -0.768. The van der Waals surface area contributed by atoms with Crippen LogP contribution in [0.5, 0.6) is 0 Å².